The smallest absolute Gasteiger partial charge is 0.220 e. The van der Waals surface area contributed by atoms with E-state index in [1.54, 1.807) is 0 Å². The molecule has 0 aliphatic rings. The second-order valence-electron chi connectivity index (χ2n) is 4.85. The molecular weight excluding hydrogens is 260 g/mol. The van der Waals surface area contributed by atoms with Crippen LogP contribution in [0.4, 0.5) is 0 Å². The maximum atomic E-state index is 11.5. The Morgan fingerprint density at radius 3 is 2.32 bits per heavy atom. The van der Waals surface area contributed by atoms with Crippen molar-refractivity contribution in [2.24, 2.45) is 0 Å². The molecular formula is C15H25ClN2O. The summed E-state index contributed by atoms with van der Waals surface area (Å²) < 4.78 is 0. The van der Waals surface area contributed by atoms with Gasteiger partial charge in [0.25, 0.3) is 0 Å². The lowest BCUT2D eigenvalue weighted by Crippen LogP contribution is -2.30. The summed E-state index contributed by atoms with van der Waals surface area (Å²) in [6.07, 6.45) is 1.37. The van der Waals surface area contributed by atoms with Crippen LogP contribution in [0, 0.1) is 0 Å². The minimum absolute atomic E-state index is 0. The summed E-state index contributed by atoms with van der Waals surface area (Å²) in [7, 11) is 1.88. The Hall–Kier alpha value is -1.06. The van der Waals surface area contributed by atoms with Gasteiger partial charge in [0.2, 0.25) is 5.91 Å². The number of aryl methyl sites for hydroxylation is 1. The summed E-state index contributed by atoms with van der Waals surface area (Å²) in [6, 6.07) is 8.55. The number of amides is 1. The third-order valence-corrected chi connectivity index (χ3v) is 2.98. The van der Waals surface area contributed by atoms with E-state index in [2.05, 4.69) is 48.7 Å². The first kappa shape index (κ1) is 17.9. The average molecular weight is 285 g/mol. The average Bonchev–Trinajstić information content (AvgIpc) is 2.37. The normalized spacial score (nSPS) is 10.1. The van der Waals surface area contributed by atoms with E-state index in [4.69, 9.17) is 0 Å². The third-order valence-electron chi connectivity index (χ3n) is 2.98. The van der Waals surface area contributed by atoms with Crippen molar-refractivity contribution in [1.82, 2.24) is 10.6 Å². The fourth-order valence-electron chi connectivity index (χ4n) is 1.74. The van der Waals surface area contributed by atoms with Crippen molar-refractivity contribution in [2.45, 2.75) is 32.6 Å². The van der Waals surface area contributed by atoms with Crippen LogP contribution in [-0.2, 0) is 11.2 Å². The minimum Gasteiger partial charge on any atom is -0.355 e. The standard InChI is InChI=1S/C15H24N2O.ClH/c1-12(2)14-7-4-13(5-8-14)6-9-15(18)17-11-10-16-3;/h4-5,7-8,12,16H,6,9-11H2,1-3H3,(H,17,18);1H. The molecule has 3 nitrogen and oxygen atoms in total. The molecule has 0 atom stereocenters. The summed E-state index contributed by atoms with van der Waals surface area (Å²) in [5.41, 5.74) is 2.57. The van der Waals surface area contributed by atoms with E-state index in [0.717, 1.165) is 13.0 Å². The Bertz CT molecular complexity index is 363. The summed E-state index contributed by atoms with van der Waals surface area (Å²) >= 11 is 0. The van der Waals surface area contributed by atoms with E-state index in [1.165, 1.54) is 11.1 Å². The first-order chi connectivity index (χ1) is 8.63. The van der Waals surface area contributed by atoms with Gasteiger partial charge < -0.3 is 10.6 Å². The molecule has 0 heterocycles. The van der Waals surface area contributed by atoms with Gasteiger partial charge in [0.1, 0.15) is 0 Å². The summed E-state index contributed by atoms with van der Waals surface area (Å²) in [6.45, 7) is 5.88. The van der Waals surface area contributed by atoms with Gasteiger partial charge in [-0.1, -0.05) is 38.1 Å². The molecule has 0 saturated carbocycles. The second-order valence-corrected chi connectivity index (χ2v) is 4.85. The van der Waals surface area contributed by atoms with Crippen LogP contribution in [0.2, 0.25) is 0 Å². The molecule has 1 amide bonds. The van der Waals surface area contributed by atoms with Gasteiger partial charge in [0, 0.05) is 19.5 Å². The second kappa shape index (κ2) is 9.82. The third kappa shape index (κ3) is 7.19. The predicted octanol–water partition coefficient (Wildman–Crippen LogP) is 2.50. The van der Waals surface area contributed by atoms with Crippen molar-refractivity contribution in [3.8, 4) is 0 Å². The highest BCUT2D eigenvalue weighted by atomic mass is 35.5. The molecule has 108 valence electrons. The topological polar surface area (TPSA) is 41.1 Å². The van der Waals surface area contributed by atoms with E-state index in [-0.39, 0.29) is 18.3 Å². The maximum Gasteiger partial charge on any atom is 0.220 e. The Balaban J connectivity index is 0.00000324. The fourth-order valence-corrected chi connectivity index (χ4v) is 1.74. The molecule has 4 heteroatoms. The lowest BCUT2D eigenvalue weighted by Gasteiger charge is -2.07. The fraction of sp³-hybridized carbons (Fsp3) is 0.533. The Morgan fingerprint density at radius 1 is 1.16 bits per heavy atom. The molecule has 0 bridgehead atoms. The molecule has 0 fully saturated rings. The van der Waals surface area contributed by atoms with E-state index < -0.39 is 0 Å². The lowest BCUT2D eigenvalue weighted by atomic mass is 10.0. The number of rotatable bonds is 7. The molecule has 0 spiro atoms. The zero-order valence-electron chi connectivity index (χ0n) is 12.0. The van der Waals surface area contributed by atoms with Gasteiger partial charge in [-0.15, -0.1) is 12.4 Å². The van der Waals surface area contributed by atoms with E-state index in [0.29, 0.717) is 18.9 Å². The largest absolute Gasteiger partial charge is 0.355 e. The summed E-state index contributed by atoms with van der Waals surface area (Å²) in [5, 5.41) is 5.88. The zero-order valence-corrected chi connectivity index (χ0v) is 12.8. The number of carbonyl (C=O) groups is 1. The van der Waals surface area contributed by atoms with Gasteiger partial charge >= 0.3 is 0 Å². The van der Waals surface area contributed by atoms with Gasteiger partial charge in [0.15, 0.2) is 0 Å². The number of hydrogen-bond donors (Lipinski definition) is 2. The van der Waals surface area contributed by atoms with Crippen molar-refractivity contribution in [3.05, 3.63) is 35.4 Å². The first-order valence-corrected chi connectivity index (χ1v) is 6.63. The number of benzene rings is 1. The Kier molecular flexibility index (Phi) is 9.27. The van der Waals surface area contributed by atoms with Gasteiger partial charge in [-0.05, 0) is 30.5 Å². The number of nitrogens with one attached hydrogen (secondary N) is 2. The number of likely N-dealkylation sites (N-methyl/N-ethyl adjacent to an activating group) is 1. The molecule has 1 rings (SSSR count). The number of halogens is 1. The molecule has 0 unspecified atom stereocenters. The van der Waals surface area contributed by atoms with Crippen molar-refractivity contribution < 1.29 is 4.79 Å². The Morgan fingerprint density at radius 2 is 1.79 bits per heavy atom. The predicted molar refractivity (Wildman–Crippen MR) is 83.0 cm³/mol. The van der Waals surface area contributed by atoms with Gasteiger partial charge in [0.05, 0.1) is 0 Å². The van der Waals surface area contributed by atoms with Crippen LogP contribution in [0.15, 0.2) is 24.3 Å². The Labute approximate surface area is 122 Å². The van der Waals surface area contributed by atoms with Gasteiger partial charge in [-0.3, -0.25) is 4.79 Å². The SMILES string of the molecule is CNCCNC(=O)CCc1ccc(C(C)C)cc1.Cl. The highest BCUT2D eigenvalue weighted by molar-refractivity contribution is 5.85. The van der Waals surface area contributed by atoms with Crippen LogP contribution in [-0.4, -0.2) is 26.0 Å². The molecule has 0 aromatic heterocycles. The molecule has 0 saturated heterocycles. The molecule has 0 aliphatic carbocycles. The van der Waals surface area contributed by atoms with Crippen LogP contribution in [0.25, 0.3) is 0 Å². The van der Waals surface area contributed by atoms with Crippen molar-refractivity contribution in [1.29, 1.82) is 0 Å². The molecule has 2 N–H and O–H groups in total. The molecule has 19 heavy (non-hydrogen) atoms. The molecule has 0 aliphatic heterocycles. The van der Waals surface area contributed by atoms with Crippen molar-refractivity contribution in [3.63, 3.8) is 0 Å². The van der Waals surface area contributed by atoms with Gasteiger partial charge in [-0.2, -0.15) is 0 Å². The maximum absolute atomic E-state index is 11.5. The monoisotopic (exact) mass is 284 g/mol. The molecule has 0 radical (unpaired) electrons. The van der Waals surface area contributed by atoms with Crippen molar-refractivity contribution >= 4 is 18.3 Å². The number of carbonyl (C=O) groups excluding carboxylic acids is 1. The van der Waals surface area contributed by atoms with Crippen LogP contribution >= 0.6 is 12.4 Å². The van der Waals surface area contributed by atoms with Crippen LogP contribution in [0.1, 0.15) is 37.3 Å². The quantitative estimate of drug-likeness (QED) is 0.756. The van der Waals surface area contributed by atoms with Crippen LogP contribution < -0.4 is 10.6 Å². The van der Waals surface area contributed by atoms with Crippen LogP contribution in [0.3, 0.4) is 0 Å². The first-order valence-electron chi connectivity index (χ1n) is 6.63. The van der Waals surface area contributed by atoms with Crippen molar-refractivity contribution in [2.75, 3.05) is 20.1 Å². The summed E-state index contributed by atoms with van der Waals surface area (Å²) in [4.78, 5) is 11.5. The minimum atomic E-state index is 0. The van der Waals surface area contributed by atoms with E-state index in [9.17, 15) is 4.79 Å². The zero-order chi connectivity index (χ0) is 13.4. The highest BCUT2D eigenvalue weighted by Gasteiger charge is 2.02. The number of hydrogen-bond acceptors (Lipinski definition) is 2. The van der Waals surface area contributed by atoms with E-state index >= 15 is 0 Å². The van der Waals surface area contributed by atoms with Crippen LogP contribution in [0.5, 0.6) is 0 Å². The lowest BCUT2D eigenvalue weighted by molar-refractivity contribution is -0.121. The molecule has 1 aromatic carbocycles. The van der Waals surface area contributed by atoms with E-state index in [1.807, 2.05) is 7.05 Å². The summed E-state index contributed by atoms with van der Waals surface area (Å²) in [5.74, 6) is 0.682. The highest BCUT2D eigenvalue weighted by Crippen LogP contribution is 2.15. The molecule has 1 aromatic rings. The van der Waals surface area contributed by atoms with Gasteiger partial charge in [-0.25, -0.2) is 0 Å².